The Morgan fingerprint density at radius 1 is 0.975 bits per heavy atom. The third kappa shape index (κ3) is 5.95. The van der Waals surface area contributed by atoms with E-state index in [2.05, 4.69) is 93.6 Å². The van der Waals surface area contributed by atoms with Gasteiger partial charge < -0.3 is 9.47 Å². The van der Waals surface area contributed by atoms with Crippen molar-refractivity contribution in [3.05, 3.63) is 100 Å². The highest BCUT2D eigenvalue weighted by atomic mass is 16.6. The van der Waals surface area contributed by atoms with Crippen LogP contribution in [-0.2, 0) is 24.3 Å². The topological polar surface area (TPSA) is 52.1 Å². The van der Waals surface area contributed by atoms with Crippen LogP contribution < -0.4 is 15.0 Å². The van der Waals surface area contributed by atoms with E-state index >= 15 is 0 Å². The third-order valence-electron chi connectivity index (χ3n) is 8.63. The molecule has 3 aromatic carbocycles. The summed E-state index contributed by atoms with van der Waals surface area (Å²) in [7, 11) is 0. The summed E-state index contributed by atoms with van der Waals surface area (Å²) in [6.07, 6.45) is 10.6. The zero-order valence-electron chi connectivity index (χ0n) is 24.5. The highest BCUT2D eigenvalue weighted by molar-refractivity contribution is 5.75. The van der Waals surface area contributed by atoms with Gasteiger partial charge in [0, 0.05) is 24.6 Å². The lowest BCUT2D eigenvalue weighted by Crippen LogP contribution is -2.39. The molecule has 5 rings (SSSR count). The van der Waals surface area contributed by atoms with Crippen molar-refractivity contribution in [3.8, 4) is 11.5 Å². The lowest BCUT2D eigenvalue weighted by molar-refractivity contribution is 0.0638. The summed E-state index contributed by atoms with van der Waals surface area (Å²) >= 11 is 0. The van der Waals surface area contributed by atoms with Crippen molar-refractivity contribution in [2.24, 2.45) is 4.99 Å². The lowest BCUT2D eigenvalue weighted by atomic mass is 9.84. The maximum absolute atomic E-state index is 6.86. The Morgan fingerprint density at radius 3 is 2.50 bits per heavy atom. The van der Waals surface area contributed by atoms with Crippen molar-refractivity contribution in [2.45, 2.75) is 84.5 Å². The zero-order valence-corrected chi connectivity index (χ0v) is 24.5. The average Bonchev–Trinajstić information content (AvgIpc) is 3.45. The molecule has 5 nitrogen and oxygen atoms in total. The van der Waals surface area contributed by atoms with Crippen LogP contribution in [0.4, 0.5) is 5.69 Å². The predicted molar refractivity (Wildman–Crippen MR) is 164 cm³/mol. The van der Waals surface area contributed by atoms with E-state index in [1.54, 1.807) is 0 Å². The summed E-state index contributed by atoms with van der Waals surface area (Å²) in [4.78, 5) is 10.6. The molecule has 2 heterocycles. The minimum Gasteiger partial charge on any atom is -0.488 e. The van der Waals surface area contributed by atoms with Crippen LogP contribution in [0.3, 0.4) is 0 Å². The van der Waals surface area contributed by atoms with Crippen LogP contribution in [0.25, 0.3) is 0 Å². The molecule has 0 saturated carbocycles. The van der Waals surface area contributed by atoms with Crippen LogP contribution in [0.1, 0.15) is 66.5 Å². The van der Waals surface area contributed by atoms with E-state index in [-0.39, 0.29) is 11.1 Å². The number of rotatable bonds is 11. The summed E-state index contributed by atoms with van der Waals surface area (Å²) in [5.41, 5.74) is 10.9. The minimum absolute atomic E-state index is 0.126. The Hall–Kier alpha value is -3.57. The Labute approximate surface area is 239 Å². The molecular formula is C35H42N2O3. The van der Waals surface area contributed by atoms with Crippen LogP contribution in [0, 0.1) is 20.8 Å². The van der Waals surface area contributed by atoms with Gasteiger partial charge in [0.25, 0.3) is 0 Å². The number of hydrogen-bond acceptors (Lipinski definition) is 5. The summed E-state index contributed by atoms with van der Waals surface area (Å²) in [6.45, 7) is 12.0. The summed E-state index contributed by atoms with van der Waals surface area (Å²) in [6, 6.07) is 18.7. The van der Waals surface area contributed by atoms with Crippen molar-refractivity contribution in [3.63, 3.8) is 0 Å². The molecule has 0 spiro atoms. The molecule has 5 heteroatoms. The molecule has 0 radical (unpaired) electrons. The molecule has 210 valence electrons. The normalized spacial score (nSPS) is 21.2. The summed E-state index contributed by atoms with van der Waals surface area (Å²) < 4.78 is 13.2. The number of benzene rings is 3. The largest absolute Gasteiger partial charge is 0.488 e. The molecule has 0 aliphatic carbocycles. The van der Waals surface area contributed by atoms with Gasteiger partial charge in [-0.15, -0.1) is 0 Å². The molecule has 0 amide bonds. The van der Waals surface area contributed by atoms with Crippen LogP contribution in [-0.4, -0.2) is 24.0 Å². The van der Waals surface area contributed by atoms with Gasteiger partial charge in [0.15, 0.2) is 0 Å². The predicted octanol–water partition coefficient (Wildman–Crippen LogP) is 8.04. The van der Waals surface area contributed by atoms with Gasteiger partial charge in [0.05, 0.1) is 17.8 Å². The molecule has 2 aliphatic rings. The SMILES string of the molecule is CCC1(CCONc2ccccc2CC2(C)CCc3c(C)c(OCc4ccccc4)c(C)c(C)c3O2)C=CC=N1. The number of anilines is 1. The first-order valence-electron chi connectivity index (χ1n) is 14.5. The van der Waals surface area contributed by atoms with Gasteiger partial charge in [-0.1, -0.05) is 61.5 Å². The third-order valence-corrected chi connectivity index (χ3v) is 8.63. The molecule has 2 aliphatic heterocycles. The molecule has 40 heavy (non-hydrogen) atoms. The molecular weight excluding hydrogens is 496 g/mol. The van der Waals surface area contributed by atoms with E-state index < -0.39 is 0 Å². The van der Waals surface area contributed by atoms with Crippen molar-refractivity contribution in [1.82, 2.24) is 0 Å². The van der Waals surface area contributed by atoms with E-state index in [9.17, 15) is 0 Å². The van der Waals surface area contributed by atoms with Gasteiger partial charge >= 0.3 is 0 Å². The monoisotopic (exact) mass is 538 g/mol. The lowest BCUT2D eigenvalue weighted by Gasteiger charge is -2.38. The van der Waals surface area contributed by atoms with E-state index in [0.717, 1.165) is 60.4 Å². The Morgan fingerprint density at radius 2 is 1.75 bits per heavy atom. The van der Waals surface area contributed by atoms with E-state index in [1.807, 2.05) is 24.4 Å². The second-order valence-corrected chi connectivity index (χ2v) is 11.5. The summed E-state index contributed by atoms with van der Waals surface area (Å²) in [5.74, 6) is 2.01. The number of nitrogens with zero attached hydrogens (tertiary/aromatic N) is 1. The fourth-order valence-electron chi connectivity index (χ4n) is 5.88. The van der Waals surface area contributed by atoms with Gasteiger partial charge in [0.1, 0.15) is 23.7 Å². The maximum Gasteiger partial charge on any atom is 0.127 e. The molecule has 0 bridgehead atoms. The first kappa shape index (κ1) is 28.0. The Kier molecular flexibility index (Phi) is 8.32. The highest BCUT2D eigenvalue weighted by Crippen LogP contribution is 2.45. The number of ether oxygens (including phenoxy) is 2. The fourth-order valence-corrected chi connectivity index (χ4v) is 5.88. The Balaban J connectivity index is 1.27. The van der Waals surface area contributed by atoms with Crippen molar-refractivity contribution >= 4 is 11.9 Å². The van der Waals surface area contributed by atoms with Crippen LogP contribution in [0.2, 0.25) is 0 Å². The first-order valence-corrected chi connectivity index (χ1v) is 14.5. The molecule has 2 atom stereocenters. The van der Waals surface area contributed by atoms with Gasteiger partial charge in [-0.3, -0.25) is 15.3 Å². The number of aliphatic imine (C=N–C) groups is 1. The van der Waals surface area contributed by atoms with E-state index in [1.165, 1.54) is 22.3 Å². The second-order valence-electron chi connectivity index (χ2n) is 11.5. The van der Waals surface area contributed by atoms with E-state index in [0.29, 0.717) is 13.2 Å². The standard InChI is InChI=1S/C35H42N2O3/c1-6-35(18-12-21-36-35)20-22-39-37-31-16-11-10-15-29(31)23-34(5)19-17-30-27(4)32(25(2)26(3)33(30)40-34)38-24-28-13-8-7-9-14-28/h7-16,18,21,37H,6,17,19-20,22-24H2,1-5H3. The van der Waals surface area contributed by atoms with Gasteiger partial charge in [-0.2, -0.15) is 0 Å². The number of para-hydroxylation sites is 1. The second kappa shape index (κ2) is 11.9. The zero-order chi connectivity index (χ0) is 28.2. The van der Waals surface area contributed by atoms with Crippen LogP contribution in [0.15, 0.2) is 71.7 Å². The smallest absolute Gasteiger partial charge is 0.127 e. The molecule has 2 unspecified atom stereocenters. The van der Waals surface area contributed by atoms with Gasteiger partial charge in [-0.25, -0.2) is 0 Å². The minimum atomic E-state index is -0.323. The highest BCUT2D eigenvalue weighted by Gasteiger charge is 2.35. The maximum atomic E-state index is 6.86. The molecule has 0 aromatic heterocycles. The summed E-state index contributed by atoms with van der Waals surface area (Å²) in [5, 5.41) is 0. The first-order chi connectivity index (χ1) is 19.3. The van der Waals surface area contributed by atoms with Gasteiger partial charge in [0.2, 0.25) is 0 Å². The van der Waals surface area contributed by atoms with Crippen molar-refractivity contribution in [1.29, 1.82) is 0 Å². The fraction of sp³-hybridized carbons (Fsp3) is 0.400. The van der Waals surface area contributed by atoms with Gasteiger partial charge in [-0.05, 0) is 86.9 Å². The van der Waals surface area contributed by atoms with Crippen molar-refractivity contribution < 1.29 is 14.3 Å². The number of fused-ring (bicyclic) bond motifs is 1. The van der Waals surface area contributed by atoms with E-state index in [4.69, 9.17) is 14.3 Å². The van der Waals surface area contributed by atoms with Crippen molar-refractivity contribution in [2.75, 3.05) is 12.1 Å². The molecule has 0 fully saturated rings. The molecule has 0 saturated heterocycles. The Bertz CT molecular complexity index is 1380. The quantitative estimate of drug-likeness (QED) is 0.198. The molecule has 3 aromatic rings. The van der Waals surface area contributed by atoms with Crippen LogP contribution in [0.5, 0.6) is 11.5 Å². The van der Waals surface area contributed by atoms with Crippen LogP contribution >= 0.6 is 0 Å². The number of hydrogen-bond donors (Lipinski definition) is 1. The number of allylic oxidation sites excluding steroid dienone is 1. The average molecular weight is 539 g/mol. The number of nitrogens with one attached hydrogen (secondary N) is 1. The molecule has 1 N–H and O–H groups in total.